The Balaban J connectivity index is 3.26. The fraction of sp³-hybridized carbons (Fsp3) is 0.719. The zero-order chi connectivity index (χ0) is 80.3. The lowest BCUT2D eigenvalue weighted by molar-refractivity contribution is -0.143. The second-order valence-electron chi connectivity index (χ2n) is 27.3. The molecule has 0 radical (unpaired) electrons. The molecule has 1 aliphatic heterocycles. The molecular weight excluding hydrogens is 1390 g/mol. The number of likely N-dealkylation sites (tertiary alicyclic amines) is 1. The Morgan fingerprint density at radius 2 is 0.895 bits per heavy atom. The van der Waals surface area contributed by atoms with Crippen LogP contribution in [-0.4, -0.2) is 267 Å². The number of hydrogen-bond acceptors (Lipinski definition) is 22. The standard InChI is InChI=1S/C64H110N18O23/c1-29(2)20-38(75-54(95)36(14-12-18-68-64(66)67)74-52(93)35(65)27-83)53(94)70-26-46(88)73-40(23-48(91)92)55(96)76-39(21-30(3)4)56(97)79-50(33(9)10)60(101)81-51(34(11)85)61(102)80-49(32(7)8)59(100)78-42(28-84)57(98)77-41(22-31(5)6)62(103)82-19-13-15-43(82)58(99)71-24-44(86)69-25-45(87)72-37(63(104)105)16-17-47(89)90/h29-43,49-51,83-85H,12-28,65H2,1-11H3,(H,69,86)(H,70,94)(H,71,99)(H,72,87)(H,73,88)(H,74,93)(H,75,95)(H,76,96)(H,77,98)(H,78,100)(H,79,97)(H,80,102)(H,81,101)(H,89,90)(H,91,92)(H,104,105)(H4,66,67,68)/t34-,35+,36+,37+,38+,39+,40+,41+,42+,43+,49+,50+,51+/m1/s1. The van der Waals surface area contributed by atoms with Gasteiger partial charge in [-0.1, -0.05) is 69.2 Å². The number of nitrogens with two attached hydrogens (primary N) is 2. The number of carboxylic acid groups (broad SMARTS) is 3. The van der Waals surface area contributed by atoms with Gasteiger partial charge in [-0.3, -0.25) is 82.1 Å². The van der Waals surface area contributed by atoms with E-state index in [0.717, 1.165) is 6.92 Å². The lowest BCUT2D eigenvalue weighted by Crippen LogP contribution is -2.63. The molecule has 0 aromatic carbocycles. The van der Waals surface area contributed by atoms with Crippen molar-refractivity contribution in [3.05, 3.63) is 0 Å². The number of carbonyl (C=O) groups is 17. The minimum Gasteiger partial charge on any atom is -0.481 e. The zero-order valence-electron chi connectivity index (χ0n) is 61.1. The molecule has 1 saturated heterocycles. The Morgan fingerprint density at radius 3 is 1.39 bits per heavy atom. The first-order chi connectivity index (χ1) is 48.9. The van der Waals surface area contributed by atoms with Gasteiger partial charge in [0.05, 0.1) is 45.4 Å². The summed E-state index contributed by atoms with van der Waals surface area (Å²) in [6.07, 6.45) is -3.30. The minimum absolute atomic E-state index is 0.000194. The van der Waals surface area contributed by atoms with E-state index in [9.17, 15) is 107 Å². The zero-order valence-corrected chi connectivity index (χ0v) is 61.1. The molecule has 1 rings (SSSR count). The lowest BCUT2D eigenvalue weighted by atomic mass is 9.98. The molecule has 14 amide bonds. The van der Waals surface area contributed by atoms with Crippen LogP contribution in [0.2, 0.25) is 0 Å². The van der Waals surface area contributed by atoms with E-state index >= 15 is 0 Å². The van der Waals surface area contributed by atoms with Crippen molar-refractivity contribution in [2.75, 3.05) is 45.9 Å². The summed E-state index contributed by atoms with van der Waals surface area (Å²) in [5.41, 5.74) is 11.0. The highest BCUT2D eigenvalue weighted by Crippen LogP contribution is 2.21. The third kappa shape index (κ3) is 35.0. The molecule has 0 aliphatic carbocycles. The molecule has 41 heteroatoms. The van der Waals surface area contributed by atoms with E-state index in [0.29, 0.717) is 6.42 Å². The maximum atomic E-state index is 14.2. The summed E-state index contributed by atoms with van der Waals surface area (Å²) in [5, 5.41) is 99.3. The molecule has 25 N–H and O–H groups in total. The second kappa shape index (κ2) is 46.7. The Bertz CT molecular complexity index is 3040. The van der Waals surface area contributed by atoms with Gasteiger partial charge in [-0.2, -0.15) is 0 Å². The summed E-state index contributed by atoms with van der Waals surface area (Å²) in [5.74, 6) is -20.8. The van der Waals surface area contributed by atoms with Crippen LogP contribution in [0.15, 0.2) is 0 Å². The number of guanidine groups is 1. The number of hydrogen-bond donors (Lipinski definition) is 23. The number of carbonyl (C=O) groups excluding carboxylic acids is 14. The average molecular weight is 1500 g/mol. The van der Waals surface area contributed by atoms with Crippen molar-refractivity contribution in [3.8, 4) is 0 Å². The summed E-state index contributed by atoms with van der Waals surface area (Å²) >= 11 is 0. The first-order valence-electron chi connectivity index (χ1n) is 34.5. The van der Waals surface area contributed by atoms with E-state index in [4.69, 9.17) is 22.0 Å². The van der Waals surface area contributed by atoms with Crippen molar-refractivity contribution >= 4 is 107 Å². The van der Waals surface area contributed by atoms with Gasteiger partial charge >= 0.3 is 17.9 Å². The van der Waals surface area contributed by atoms with Gasteiger partial charge < -0.3 is 121 Å². The minimum atomic E-state index is -1.88. The molecule has 594 valence electrons. The van der Waals surface area contributed by atoms with Crippen LogP contribution < -0.4 is 85.9 Å². The van der Waals surface area contributed by atoms with Gasteiger partial charge in [0.25, 0.3) is 0 Å². The fourth-order valence-corrected chi connectivity index (χ4v) is 10.5. The van der Waals surface area contributed by atoms with E-state index in [1.165, 1.54) is 32.6 Å². The van der Waals surface area contributed by atoms with Crippen molar-refractivity contribution in [3.63, 3.8) is 0 Å². The van der Waals surface area contributed by atoms with Crippen LogP contribution in [0.3, 0.4) is 0 Å². The number of carboxylic acids is 3. The largest absolute Gasteiger partial charge is 0.481 e. The molecule has 0 aromatic heterocycles. The lowest BCUT2D eigenvalue weighted by Gasteiger charge is -2.31. The first kappa shape index (κ1) is 93.1. The average Bonchev–Trinajstić information content (AvgIpc) is 1.83. The number of aliphatic hydroxyl groups is 3. The quantitative estimate of drug-likeness (QED) is 0.0153. The predicted molar refractivity (Wildman–Crippen MR) is 371 cm³/mol. The highest BCUT2D eigenvalue weighted by molar-refractivity contribution is 6.00. The SMILES string of the molecule is CC(C)C[C@H](NC(=O)[C@H](CCCNC(=N)N)NC(=O)[C@@H](N)CO)C(=O)NCC(=O)N[C@@H](CC(=O)O)C(=O)N[C@@H](CC(C)C)C(=O)N[C@H](C(=O)N[C@H](C(=O)N[C@H](C(=O)N[C@@H](CO)C(=O)N[C@@H](CC(C)C)C(=O)N1CCC[C@H]1C(=O)NCC(=O)NCC(=O)N[C@@H](CCC(=O)O)C(=O)O)C(C)C)[C@@H](C)O)C(C)C. The molecule has 0 spiro atoms. The molecule has 1 aliphatic rings. The molecule has 13 atom stereocenters. The summed E-state index contributed by atoms with van der Waals surface area (Å²) < 4.78 is 0. The van der Waals surface area contributed by atoms with E-state index < -0.39 is 243 Å². The van der Waals surface area contributed by atoms with Gasteiger partial charge in [0.15, 0.2) is 5.96 Å². The van der Waals surface area contributed by atoms with Gasteiger partial charge in [0, 0.05) is 19.5 Å². The maximum Gasteiger partial charge on any atom is 0.326 e. The Morgan fingerprint density at radius 1 is 0.457 bits per heavy atom. The van der Waals surface area contributed by atoms with Gasteiger partial charge in [-0.25, -0.2) is 4.79 Å². The number of aliphatic carboxylic acids is 3. The third-order valence-electron chi connectivity index (χ3n) is 16.0. The highest BCUT2D eigenvalue weighted by Gasteiger charge is 2.41. The number of rotatable bonds is 48. The van der Waals surface area contributed by atoms with E-state index in [1.54, 1.807) is 41.5 Å². The van der Waals surface area contributed by atoms with E-state index in [2.05, 4.69) is 74.4 Å². The first-order valence-corrected chi connectivity index (χ1v) is 34.5. The van der Waals surface area contributed by atoms with Crippen LogP contribution in [0, 0.1) is 35.0 Å². The van der Waals surface area contributed by atoms with Crippen LogP contribution in [0.25, 0.3) is 0 Å². The molecule has 0 saturated carbocycles. The maximum absolute atomic E-state index is 14.2. The van der Waals surface area contributed by atoms with Crippen LogP contribution in [0.5, 0.6) is 0 Å². The van der Waals surface area contributed by atoms with Gasteiger partial charge in [0.1, 0.15) is 72.5 Å². The Hall–Kier alpha value is -9.90. The van der Waals surface area contributed by atoms with Gasteiger partial charge in [0.2, 0.25) is 82.7 Å². The number of nitrogens with zero attached hydrogens (tertiary/aromatic N) is 1. The van der Waals surface area contributed by atoms with Gasteiger partial charge in [-0.05, 0) is 87.9 Å². The van der Waals surface area contributed by atoms with Crippen molar-refractivity contribution in [2.45, 2.75) is 219 Å². The molecule has 0 bridgehead atoms. The predicted octanol–water partition coefficient (Wildman–Crippen LogP) is -8.00. The van der Waals surface area contributed by atoms with Crippen LogP contribution in [-0.2, 0) is 81.5 Å². The molecule has 1 fully saturated rings. The Kier molecular flexibility index (Phi) is 41.4. The molecule has 0 unspecified atom stereocenters. The summed E-state index contributed by atoms with van der Waals surface area (Å²) in [6, 6.07) is -18.2. The van der Waals surface area contributed by atoms with Crippen molar-refractivity contribution in [1.82, 2.24) is 79.3 Å². The summed E-state index contributed by atoms with van der Waals surface area (Å²) in [7, 11) is 0. The molecule has 0 aromatic rings. The number of amides is 14. The third-order valence-corrected chi connectivity index (χ3v) is 16.0. The van der Waals surface area contributed by atoms with Crippen LogP contribution >= 0.6 is 0 Å². The smallest absolute Gasteiger partial charge is 0.326 e. The normalized spacial score (nSPS) is 16.1. The van der Waals surface area contributed by atoms with E-state index in [-0.39, 0.29) is 75.3 Å². The molecule has 1 heterocycles. The number of aliphatic hydroxyl groups excluding tert-OH is 3. The molecule has 105 heavy (non-hydrogen) atoms. The van der Waals surface area contributed by atoms with E-state index in [1.807, 2.05) is 0 Å². The van der Waals surface area contributed by atoms with Crippen LogP contribution in [0.4, 0.5) is 0 Å². The monoisotopic (exact) mass is 1500 g/mol. The molecular formula is C64H110N18O23. The van der Waals surface area contributed by atoms with Crippen molar-refractivity contribution < 1.29 is 112 Å². The highest BCUT2D eigenvalue weighted by atomic mass is 16.4. The number of nitrogens with one attached hydrogen (secondary N) is 15. The second-order valence-corrected chi connectivity index (χ2v) is 27.3. The van der Waals surface area contributed by atoms with Crippen molar-refractivity contribution in [2.24, 2.45) is 41.1 Å². The molecule has 41 nitrogen and oxygen atoms in total. The van der Waals surface area contributed by atoms with Crippen molar-refractivity contribution in [1.29, 1.82) is 5.41 Å². The summed E-state index contributed by atoms with van der Waals surface area (Å²) in [4.78, 5) is 225. The van der Waals surface area contributed by atoms with Gasteiger partial charge in [-0.15, -0.1) is 0 Å². The van der Waals surface area contributed by atoms with Crippen LogP contribution in [0.1, 0.15) is 140 Å². The fourth-order valence-electron chi connectivity index (χ4n) is 10.5. The summed E-state index contributed by atoms with van der Waals surface area (Å²) in [6.45, 7) is 13.4. The topological polar surface area (TPSA) is 659 Å². The Labute approximate surface area is 607 Å².